The predicted octanol–water partition coefficient (Wildman–Crippen LogP) is 2.71. The summed E-state index contributed by atoms with van der Waals surface area (Å²) in [4.78, 5) is 25.1. The summed E-state index contributed by atoms with van der Waals surface area (Å²) in [6, 6.07) is -0.129. The molecule has 0 heterocycles. The Morgan fingerprint density at radius 3 is 2.40 bits per heavy atom. The van der Waals surface area contributed by atoms with Gasteiger partial charge in [0.15, 0.2) is 0 Å². The van der Waals surface area contributed by atoms with Gasteiger partial charge in [0.2, 0.25) is 0 Å². The summed E-state index contributed by atoms with van der Waals surface area (Å²) < 4.78 is 0. The highest BCUT2D eigenvalue weighted by Crippen LogP contribution is 2.29. The van der Waals surface area contributed by atoms with Crippen molar-refractivity contribution in [3.05, 3.63) is 0 Å². The molecular weight excluding hydrogens is 256 g/mol. The number of rotatable bonds is 4. The summed E-state index contributed by atoms with van der Waals surface area (Å²) in [5.41, 5.74) is -1.19. The number of hydrogen-bond donors (Lipinski definition) is 2. The van der Waals surface area contributed by atoms with Crippen LogP contribution in [-0.4, -0.2) is 40.1 Å². The van der Waals surface area contributed by atoms with E-state index in [2.05, 4.69) is 19.2 Å². The monoisotopic (exact) mass is 284 g/mol. The summed E-state index contributed by atoms with van der Waals surface area (Å²) in [5.74, 6) is 0.0375. The average Bonchev–Trinajstić information content (AvgIpc) is 2.35. The lowest BCUT2D eigenvalue weighted by molar-refractivity contribution is -0.147. The van der Waals surface area contributed by atoms with Gasteiger partial charge in [0.25, 0.3) is 0 Å². The van der Waals surface area contributed by atoms with Crippen molar-refractivity contribution in [2.75, 3.05) is 6.54 Å². The van der Waals surface area contributed by atoms with Gasteiger partial charge in [-0.05, 0) is 39.0 Å². The van der Waals surface area contributed by atoms with Crippen molar-refractivity contribution >= 4 is 12.0 Å². The van der Waals surface area contributed by atoms with Crippen molar-refractivity contribution in [1.82, 2.24) is 10.2 Å². The van der Waals surface area contributed by atoms with E-state index in [-0.39, 0.29) is 12.1 Å². The Balaban J connectivity index is 2.75. The maximum atomic E-state index is 12.4. The number of carbonyl (C=O) groups excluding carboxylic acids is 1. The molecule has 0 spiro atoms. The summed E-state index contributed by atoms with van der Waals surface area (Å²) >= 11 is 0. The maximum absolute atomic E-state index is 12.4. The Hall–Kier alpha value is -1.26. The molecule has 1 fully saturated rings. The lowest BCUT2D eigenvalue weighted by atomic mass is 9.78. The number of carbonyl (C=O) groups is 2. The second-order valence-corrected chi connectivity index (χ2v) is 6.43. The van der Waals surface area contributed by atoms with Crippen LogP contribution in [0.15, 0.2) is 0 Å². The second-order valence-electron chi connectivity index (χ2n) is 6.43. The van der Waals surface area contributed by atoms with Crippen LogP contribution in [0.3, 0.4) is 0 Å². The maximum Gasteiger partial charge on any atom is 0.329 e. The van der Waals surface area contributed by atoms with Crippen molar-refractivity contribution < 1.29 is 14.7 Å². The van der Waals surface area contributed by atoms with Crippen LogP contribution in [0.2, 0.25) is 0 Å². The van der Waals surface area contributed by atoms with E-state index in [1.807, 2.05) is 0 Å². The molecule has 0 aromatic heterocycles. The Bertz CT molecular complexity index is 368. The number of urea groups is 1. The van der Waals surface area contributed by atoms with E-state index in [1.54, 1.807) is 20.8 Å². The van der Waals surface area contributed by atoms with Crippen LogP contribution < -0.4 is 5.32 Å². The molecule has 3 atom stereocenters. The highest BCUT2D eigenvalue weighted by Gasteiger charge is 2.38. The summed E-state index contributed by atoms with van der Waals surface area (Å²) in [7, 11) is 0. The van der Waals surface area contributed by atoms with E-state index in [4.69, 9.17) is 0 Å². The molecule has 20 heavy (non-hydrogen) atoms. The smallest absolute Gasteiger partial charge is 0.329 e. The largest absolute Gasteiger partial charge is 0.480 e. The molecule has 1 saturated carbocycles. The zero-order chi connectivity index (χ0) is 15.5. The molecule has 1 aliphatic carbocycles. The van der Waals surface area contributed by atoms with Crippen LogP contribution in [0, 0.1) is 11.8 Å². The van der Waals surface area contributed by atoms with Gasteiger partial charge in [-0.15, -0.1) is 0 Å². The molecule has 0 aliphatic heterocycles. The third-order valence-corrected chi connectivity index (χ3v) is 4.78. The minimum absolute atomic E-state index is 0.143. The van der Waals surface area contributed by atoms with Gasteiger partial charge in [-0.25, -0.2) is 9.59 Å². The van der Waals surface area contributed by atoms with Gasteiger partial charge in [0.1, 0.15) is 5.54 Å². The molecule has 0 aromatic carbocycles. The van der Waals surface area contributed by atoms with Gasteiger partial charge in [-0.2, -0.15) is 0 Å². The highest BCUT2D eigenvalue weighted by molar-refractivity contribution is 5.85. The standard InChI is InChI=1S/C15H28N2O3/c1-6-17(15(4,5)13(18)19)14(20)16-12-9-7-8-10(2)11(12)3/h10-12H,6-9H2,1-5H3,(H,16,20)(H,18,19). The SMILES string of the molecule is CCN(C(=O)NC1CCCC(C)C1C)C(C)(C)C(=O)O. The van der Waals surface area contributed by atoms with Gasteiger partial charge in [0.05, 0.1) is 0 Å². The van der Waals surface area contributed by atoms with Gasteiger partial charge in [0, 0.05) is 12.6 Å². The predicted molar refractivity (Wildman–Crippen MR) is 78.6 cm³/mol. The first-order valence-corrected chi connectivity index (χ1v) is 7.53. The van der Waals surface area contributed by atoms with Gasteiger partial charge >= 0.3 is 12.0 Å². The molecule has 0 radical (unpaired) electrons. The normalized spacial score (nSPS) is 26.9. The first-order valence-electron chi connectivity index (χ1n) is 7.53. The molecule has 0 aromatic rings. The van der Waals surface area contributed by atoms with E-state index < -0.39 is 11.5 Å². The van der Waals surface area contributed by atoms with Gasteiger partial charge in [-0.3, -0.25) is 0 Å². The first kappa shape index (κ1) is 16.8. The van der Waals surface area contributed by atoms with Crippen LogP contribution in [0.4, 0.5) is 4.79 Å². The number of nitrogens with zero attached hydrogens (tertiary/aromatic N) is 1. The number of carboxylic acid groups (broad SMARTS) is 1. The zero-order valence-electron chi connectivity index (χ0n) is 13.3. The molecular formula is C15H28N2O3. The average molecular weight is 284 g/mol. The molecule has 1 rings (SSSR count). The molecule has 5 nitrogen and oxygen atoms in total. The molecule has 1 aliphatic rings. The number of carboxylic acids is 1. The Morgan fingerprint density at radius 2 is 1.90 bits per heavy atom. The fraction of sp³-hybridized carbons (Fsp3) is 0.867. The van der Waals surface area contributed by atoms with Crippen molar-refractivity contribution in [3.8, 4) is 0 Å². The molecule has 3 unspecified atom stereocenters. The summed E-state index contributed by atoms with van der Waals surface area (Å²) in [5, 5.41) is 12.3. The van der Waals surface area contributed by atoms with E-state index in [0.29, 0.717) is 18.4 Å². The van der Waals surface area contributed by atoms with Gasteiger partial charge in [-0.1, -0.05) is 26.7 Å². The molecule has 5 heteroatoms. The molecule has 0 saturated heterocycles. The van der Waals surface area contributed by atoms with Crippen LogP contribution in [0.5, 0.6) is 0 Å². The van der Waals surface area contributed by atoms with Crippen LogP contribution in [0.1, 0.15) is 53.9 Å². The third kappa shape index (κ3) is 3.44. The minimum Gasteiger partial charge on any atom is -0.480 e. The Kier molecular flexibility index (Phi) is 5.42. The number of aliphatic carboxylic acids is 1. The summed E-state index contributed by atoms with van der Waals surface area (Å²) in [6.07, 6.45) is 3.29. The van der Waals surface area contributed by atoms with Crippen LogP contribution >= 0.6 is 0 Å². The number of hydrogen-bond acceptors (Lipinski definition) is 2. The molecule has 2 N–H and O–H groups in total. The van der Waals surface area contributed by atoms with Crippen molar-refractivity contribution in [3.63, 3.8) is 0 Å². The van der Waals surface area contributed by atoms with E-state index >= 15 is 0 Å². The fourth-order valence-electron chi connectivity index (χ4n) is 2.93. The van der Waals surface area contributed by atoms with E-state index in [1.165, 1.54) is 11.3 Å². The van der Waals surface area contributed by atoms with E-state index in [0.717, 1.165) is 12.8 Å². The fourth-order valence-corrected chi connectivity index (χ4v) is 2.93. The van der Waals surface area contributed by atoms with Crippen molar-refractivity contribution in [1.29, 1.82) is 0 Å². The lowest BCUT2D eigenvalue weighted by Crippen LogP contribution is -2.58. The van der Waals surface area contributed by atoms with E-state index in [9.17, 15) is 14.7 Å². The number of nitrogens with one attached hydrogen (secondary N) is 1. The lowest BCUT2D eigenvalue weighted by Gasteiger charge is -2.39. The minimum atomic E-state index is -1.19. The number of likely N-dealkylation sites (N-methyl/N-ethyl adjacent to an activating group) is 1. The van der Waals surface area contributed by atoms with Crippen molar-refractivity contribution in [2.24, 2.45) is 11.8 Å². The first-order chi connectivity index (χ1) is 9.21. The second kappa shape index (κ2) is 6.46. The highest BCUT2D eigenvalue weighted by atomic mass is 16.4. The molecule has 0 bridgehead atoms. The third-order valence-electron chi connectivity index (χ3n) is 4.78. The Labute approximate surface area is 121 Å². The quantitative estimate of drug-likeness (QED) is 0.834. The van der Waals surface area contributed by atoms with Crippen LogP contribution in [0.25, 0.3) is 0 Å². The number of amides is 2. The Morgan fingerprint density at radius 1 is 1.30 bits per heavy atom. The molecule has 2 amide bonds. The topological polar surface area (TPSA) is 69.6 Å². The summed E-state index contributed by atoms with van der Waals surface area (Å²) in [6.45, 7) is 9.67. The van der Waals surface area contributed by atoms with Crippen molar-refractivity contribution in [2.45, 2.75) is 65.5 Å². The van der Waals surface area contributed by atoms with Crippen LogP contribution in [-0.2, 0) is 4.79 Å². The molecule has 116 valence electrons. The van der Waals surface area contributed by atoms with Gasteiger partial charge < -0.3 is 15.3 Å². The zero-order valence-corrected chi connectivity index (χ0v) is 13.3.